The molecule has 1 aromatic rings. The SMILES string of the molecule is CC(C)(CN)NS(=O)(=O)c1ccc(F)cc1Br. The molecule has 96 valence electrons. The zero-order chi connectivity index (χ0) is 13.3. The van der Waals surface area contributed by atoms with Crippen molar-refractivity contribution in [1.82, 2.24) is 4.72 Å². The van der Waals surface area contributed by atoms with E-state index in [9.17, 15) is 12.8 Å². The Kier molecular flexibility index (Phi) is 4.29. The van der Waals surface area contributed by atoms with Gasteiger partial charge in [0.1, 0.15) is 5.82 Å². The molecule has 0 atom stereocenters. The van der Waals surface area contributed by atoms with Crippen LogP contribution in [0.4, 0.5) is 4.39 Å². The normalized spacial score (nSPS) is 12.8. The fourth-order valence-corrected chi connectivity index (χ4v) is 3.63. The first-order chi connectivity index (χ1) is 7.68. The van der Waals surface area contributed by atoms with Gasteiger partial charge >= 0.3 is 0 Å². The lowest BCUT2D eigenvalue weighted by atomic mass is 10.1. The van der Waals surface area contributed by atoms with E-state index in [1.807, 2.05) is 0 Å². The van der Waals surface area contributed by atoms with Gasteiger partial charge in [0, 0.05) is 16.6 Å². The quantitative estimate of drug-likeness (QED) is 0.883. The molecule has 0 spiro atoms. The molecule has 0 fully saturated rings. The average molecular weight is 325 g/mol. The minimum absolute atomic E-state index is 0.0135. The van der Waals surface area contributed by atoms with Crippen molar-refractivity contribution in [2.45, 2.75) is 24.3 Å². The number of benzene rings is 1. The van der Waals surface area contributed by atoms with E-state index in [-0.39, 0.29) is 15.9 Å². The summed E-state index contributed by atoms with van der Waals surface area (Å²) in [6.45, 7) is 3.50. The second-order valence-electron chi connectivity index (χ2n) is 4.27. The molecule has 1 rings (SSSR count). The highest BCUT2D eigenvalue weighted by Gasteiger charge is 2.26. The van der Waals surface area contributed by atoms with Crippen molar-refractivity contribution in [1.29, 1.82) is 0 Å². The summed E-state index contributed by atoms with van der Waals surface area (Å²) in [7, 11) is -3.72. The molecule has 0 aliphatic carbocycles. The highest BCUT2D eigenvalue weighted by atomic mass is 79.9. The first kappa shape index (κ1) is 14.6. The maximum absolute atomic E-state index is 12.9. The Bertz CT molecular complexity index is 517. The van der Waals surface area contributed by atoms with Crippen molar-refractivity contribution in [3.63, 3.8) is 0 Å². The van der Waals surface area contributed by atoms with Gasteiger partial charge in [-0.25, -0.2) is 17.5 Å². The van der Waals surface area contributed by atoms with Crippen LogP contribution < -0.4 is 10.5 Å². The summed E-state index contributed by atoms with van der Waals surface area (Å²) < 4.78 is 39.5. The number of hydrogen-bond donors (Lipinski definition) is 2. The molecule has 0 aliphatic heterocycles. The van der Waals surface area contributed by atoms with Gasteiger partial charge in [-0.05, 0) is 48.0 Å². The van der Waals surface area contributed by atoms with E-state index in [1.54, 1.807) is 13.8 Å². The van der Waals surface area contributed by atoms with Crippen LogP contribution >= 0.6 is 15.9 Å². The second-order valence-corrected chi connectivity index (χ2v) is 6.77. The lowest BCUT2D eigenvalue weighted by Crippen LogP contribution is -2.48. The summed E-state index contributed by atoms with van der Waals surface area (Å²) in [5, 5.41) is 0. The number of rotatable bonds is 4. The summed E-state index contributed by atoms with van der Waals surface area (Å²) in [4.78, 5) is -0.0135. The van der Waals surface area contributed by atoms with Crippen LogP contribution in [0, 0.1) is 5.82 Å². The third-order valence-electron chi connectivity index (χ3n) is 2.10. The second kappa shape index (κ2) is 5.01. The molecule has 0 heterocycles. The van der Waals surface area contributed by atoms with Gasteiger partial charge in [-0.15, -0.1) is 0 Å². The van der Waals surface area contributed by atoms with Crippen LogP contribution in [0.25, 0.3) is 0 Å². The topological polar surface area (TPSA) is 72.2 Å². The van der Waals surface area contributed by atoms with E-state index in [0.29, 0.717) is 0 Å². The Hall–Kier alpha value is -0.500. The van der Waals surface area contributed by atoms with Crippen LogP contribution in [0.1, 0.15) is 13.8 Å². The largest absolute Gasteiger partial charge is 0.329 e. The van der Waals surface area contributed by atoms with Gasteiger partial charge in [0.15, 0.2) is 0 Å². The molecule has 0 radical (unpaired) electrons. The minimum atomic E-state index is -3.72. The summed E-state index contributed by atoms with van der Waals surface area (Å²) in [5.41, 5.74) is 4.70. The zero-order valence-corrected chi connectivity index (χ0v) is 11.9. The molecule has 17 heavy (non-hydrogen) atoms. The lowest BCUT2D eigenvalue weighted by Gasteiger charge is -2.24. The standard InChI is InChI=1S/C10H14BrFN2O2S/c1-10(2,6-13)14-17(15,16)9-4-3-7(12)5-8(9)11/h3-5,14H,6,13H2,1-2H3. The van der Waals surface area contributed by atoms with E-state index in [1.165, 1.54) is 6.07 Å². The predicted octanol–water partition coefficient (Wildman–Crippen LogP) is 1.60. The van der Waals surface area contributed by atoms with Gasteiger partial charge in [0.05, 0.1) is 4.90 Å². The summed E-state index contributed by atoms with van der Waals surface area (Å²) in [6, 6.07) is 3.40. The summed E-state index contributed by atoms with van der Waals surface area (Å²) in [6.07, 6.45) is 0. The fraction of sp³-hybridized carbons (Fsp3) is 0.400. The number of nitrogens with two attached hydrogens (primary N) is 1. The lowest BCUT2D eigenvalue weighted by molar-refractivity contribution is 0.462. The number of hydrogen-bond acceptors (Lipinski definition) is 3. The van der Waals surface area contributed by atoms with E-state index in [4.69, 9.17) is 5.73 Å². The Morgan fingerprint density at radius 1 is 1.47 bits per heavy atom. The van der Waals surface area contributed by atoms with E-state index >= 15 is 0 Å². The molecule has 7 heteroatoms. The number of halogens is 2. The van der Waals surface area contributed by atoms with Crippen molar-refractivity contribution in [3.8, 4) is 0 Å². The van der Waals surface area contributed by atoms with Gasteiger partial charge in [-0.3, -0.25) is 0 Å². The first-order valence-corrected chi connectivity index (χ1v) is 7.15. The van der Waals surface area contributed by atoms with Crippen molar-refractivity contribution in [3.05, 3.63) is 28.5 Å². The van der Waals surface area contributed by atoms with Crippen LogP contribution in [0.2, 0.25) is 0 Å². The Labute approximate surface area is 109 Å². The maximum atomic E-state index is 12.9. The number of sulfonamides is 1. The van der Waals surface area contributed by atoms with Crippen LogP contribution in [0.15, 0.2) is 27.6 Å². The molecule has 0 unspecified atom stereocenters. The van der Waals surface area contributed by atoms with Crippen LogP contribution in [-0.4, -0.2) is 20.5 Å². The van der Waals surface area contributed by atoms with Crippen LogP contribution in [-0.2, 0) is 10.0 Å². The van der Waals surface area contributed by atoms with E-state index in [0.717, 1.165) is 12.1 Å². The molecule has 0 saturated heterocycles. The molecule has 3 N–H and O–H groups in total. The van der Waals surface area contributed by atoms with Crippen molar-refractivity contribution in [2.24, 2.45) is 5.73 Å². The number of nitrogens with one attached hydrogen (secondary N) is 1. The molecular formula is C10H14BrFN2O2S. The van der Waals surface area contributed by atoms with Crippen LogP contribution in [0.3, 0.4) is 0 Å². The Morgan fingerprint density at radius 2 is 2.06 bits per heavy atom. The minimum Gasteiger partial charge on any atom is -0.329 e. The average Bonchev–Trinajstić information content (AvgIpc) is 2.15. The third-order valence-corrected chi connectivity index (χ3v) is 4.78. The van der Waals surface area contributed by atoms with Crippen LogP contribution in [0.5, 0.6) is 0 Å². The molecule has 0 saturated carbocycles. The van der Waals surface area contributed by atoms with Crippen molar-refractivity contribution in [2.75, 3.05) is 6.54 Å². The molecule has 4 nitrogen and oxygen atoms in total. The first-order valence-electron chi connectivity index (χ1n) is 4.87. The summed E-state index contributed by atoms with van der Waals surface area (Å²) >= 11 is 3.02. The van der Waals surface area contributed by atoms with Gasteiger partial charge in [-0.1, -0.05) is 0 Å². The predicted molar refractivity (Wildman–Crippen MR) is 67.6 cm³/mol. The molecule has 0 amide bonds. The molecular weight excluding hydrogens is 311 g/mol. The van der Waals surface area contributed by atoms with E-state index in [2.05, 4.69) is 20.7 Å². The Balaban J connectivity index is 3.14. The Morgan fingerprint density at radius 3 is 2.53 bits per heavy atom. The smallest absolute Gasteiger partial charge is 0.242 e. The van der Waals surface area contributed by atoms with Gasteiger partial charge < -0.3 is 5.73 Å². The van der Waals surface area contributed by atoms with Crippen molar-refractivity contribution < 1.29 is 12.8 Å². The molecule has 1 aromatic carbocycles. The van der Waals surface area contributed by atoms with Gasteiger partial charge in [0.2, 0.25) is 10.0 Å². The van der Waals surface area contributed by atoms with E-state index < -0.39 is 21.4 Å². The summed E-state index contributed by atoms with van der Waals surface area (Å²) in [5.74, 6) is -0.506. The molecule has 0 aliphatic rings. The highest BCUT2D eigenvalue weighted by molar-refractivity contribution is 9.10. The van der Waals surface area contributed by atoms with Crippen molar-refractivity contribution >= 4 is 26.0 Å². The van der Waals surface area contributed by atoms with Gasteiger partial charge in [-0.2, -0.15) is 0 Å². The molecule has 0 aromatic heterocycles. The zero-order valence-electron chi connectivity index (χ0n) is 9.50. The highest BCUT2D eigenvalue weighted by Crippen LogP contribution is 2.23. The third kappa shape index (κ3) is 3.74. The fourth-order valence-electron chi connectivity index (χ4n) is 1.15. The monoisotopic (exact) mass is 324 g/mol. The maximum Gasteiger partial charge on any atom is 0.242 e. The molecule has 0 bridgehead atoms. The van der Waals surface area contributed by atoms with Gasteiger partial charge in [0.25, 0.3) is 0 Å².